The molecule has 0 amide bonds. The smallest absolute Gasteiger partial charge is 0.331 e. The molecule has 0 bridgehead atoms. The highest BCUT2D eigenvalue weighted by atomic mass is 16.5. The lowest BCUT2D eigenvalue weighted by atomic mass is 10.2. The lowest BCUT2D eigenvalue weighted by molar-refractivity contribution is -0.137. The number of hydrogen-bond acceptors (Lipinski definition) is 3. The molecule has 3 nitrogen and oxygen atoms in total. The Morgan fingerprint density at radius 2 is 1.77 bits per heavy atom. The molecule has 2 aromatic carbocycles. The molecule has 22 heavy (non-hydrogen) atoms. The topological polar surface area (TPSA) is 38.3 Å². The lowest BCUT2D eigenvalue weighted by Gasteiger charge is -2.05. The maximum absolute atomic E-state index is 11.1. The fraction of sp³-hybridized carbons (Fsp3) is 0.105. The van der Waals surface area contributed by atoms with Crippen molar-refractivity contribution in [1.82, 2.24) is 0 Å². The number of anilines is 2. The highest BCUT2D eigenvalue weighted by Crippen LogP contribution is 2.16. The van der Waals surface area contributed by atoms with E-state index < -0.39 is 0 Å². The predicted molar refractivity (Wildman–Crippen MR) is 88.8 cm³/mol. The highest BCUT2D eigenvalue weighted by Gasteiger charge is 1.94. The van der Waals surface area contributed by atoms with Gasteiger partial charge in [-0.2, -0.15) is 0 Å². The fourth-order valence-corrected chi connectivity index (χ4v) is 1.75. The summed E-state index contributed by atoms with van der Waals surface area (Å²) < 4.78 is 4.76. The second-order valence-corrected chi connectivity index (χ2v) is 4.42. The van der Waals surface area contributed by atoms with Crippen LogP contribution < -0.4 is 5.32 Å². The molecule has 0 aromatic heterocycles. The SMILES string of the molecule is CCOC(=O)/C=C/C#Cc1ccc(Nc2ccccc2)cc1. The van der Waals surface area contributed by atoms with Gasteiger partial charge in [-0.3, -0.25) is 0 Å². The molecule has 0 aliphatic heterocycles. The number of para-hydroxylation sites is 1. The van der Waals surface area contributed by atoms with E-state index in [2.05, 4.69) is 17.2 Å². The number of ether oxygens (including phenoxy) is 1. The Morgan fingerprint density at radius 1 is 1.09 bits per heavy atom. The first-order chi connectivity index (χ1) is 10.8. The molecule has 0 atom stereocenters. The Bertz CT molecular complexity index is 692. The van der Waals surface area contributed by atoms with Crippen LogP contribution in [0.3, 0.4) is 0 Å². The van der Waals surface area contributed by atoms with E-state index in [4.69, 9.17) is 4.74 Å². The second kappa shape index (κ2) is 8.33. The van der Waals surface area contributed by atoms with Gasteiger partial charge in [0.2, 0.25) is 0 Å². The predicted octanol–water partition coefficient (Wildman–Crippen LogP) is 3.90. The maximum Gasteiger partial charge on any atom is 0.331 e. The van der Waals surface area contributed by atoms with Gasteiger partial charge in [-0.25, -0.2) is 4.79 Å². The number of esters is 1. The minimum Gasteiger partial charge on any atom is -0.463 e. The second-order valence-electron chi connectivity index (χ2n) is 4.42. The monoisotopic (exact) mass is 291 g/mol. The molecule has 2 rings (SSSR count). The Balaban J connectivity index is 1.94. The normalized spacial score (nSPS) is 9.86. The average molecular weight is 291 g/mol. The van der Waals surface area contributed by atoms with Crippen LogP contribution >= 0.6 is 0 Å². The number of hydrogen-bond donors (Lipinski definition) is 1. The van der Waals surface area contributed by atoms with E-state index in [0.29, 0.717) is 6.61 Å². The van der Waals surface area contributed by atoms with E-state index in [1.54, 1.807) is 6.92 Å². The summed E-state index contributed by atoms with van der Waals surface area (Å²) >= 11 is 0. The Morgan fingerprint density at radius 3 is 2.45 bits per heavy atom. The number of nitrogens with one attached hydrogen (secondary N) is 1. The van der Waals surface area contributed by atoms with Gasteiger partial charge in [0.05, 0.1) is 6.61 Å². The van der Waals surface area contributed by atoms with Crippen molar-refractivity contribution in [2.24, 2.45) is 0 Å². The van der Waals surface area contributed by atoms with Crippen molar-refractivity contribution in [1.29, 1.82) is 0 Å². The molecule has 0 saturated heterocycles. The zero-order valence-electron chi connectivity index (χ0n) is 12.4. The van der Waals surface area contributed by atoms with Crippen LogP contribution in [0.5, 0.6) is 0 Å². The van der Waals surface area contributed by atoms with E-state index in [1.165, 1.54) is 12.2 Å². The summed E-state index contributed by atoms with van der Waals surface area (Å²) in [5, 5.41) is 3.30. The molecule has 1 N–H and O–H groups in total. The van der Waals surface area contributed by atoms with Gasteiger partial charge in [0.15, 0.2) is 0 Å². The van der Waals surface area contributed by atoms with Crippen LogP contribution in [0.15, 0.2) is 66.7 Å². The molecule has 0 fully saturated rings. The summed E-state index contributed by atoms with van der Waals surface area (Å²) in [5.41, 5.74) is 2.92. The van der Waals surface area contributed by atoms with Gasteiger partial charge in [-0.1, -0.05) is 30.0 Å². The van der Waals surface area contributed by atoms with Gasteiger partial charge < -0.3 is 10.1 Å². The van der Waals surface area contributed by atoms with E-state index in [9.17, 15) is 4.79 Å². The van der Waals surface area contributed by atoms with Gasteiger partial charge in [0.1, 0.15) is 0 Å². The van der Waals surface area contributed by atoms with Crippen molar-refractivity contribution in [3.63, 3.8) is 0 Å². The Hall–Kier alpha value is -2.99. The maximum atomic E-state index is 11.1. The average Bonchev–Trinajstić information content (AvgIpc) is 2.54. The molecule has 0 radical (unpaired) electrons. The fourth-order valence-electron chi connectivity index (χ4n) is 1.75. The van der Waals surface area contributed by atoms with Crippen LogP contribution in [-0.2, 0) is 9.53 Å². The van der Waals surface area contributed by atoms with Crippen molar-refractivity contribution in [2.45, 2.75) is 6.92 Å². The molecular formula is C19H17NO2. The number of carbonyl (C=O) groups excluding carboxylic acids is 1. The number of carbonyl (C=O) groups is 1. The summed E-state index contributed by atoms with van der Waals surface area (Å²) in [6, 6.07) is 17.7. The third kappa shape index (κ3) is 5.18. The lowest BCUT2D eigenvalue weighted by Crippen LogP contribution is -1.98. The number of allylic oxidation sites excluding steroid dienone is 1. The molecule has 0 heterocycles. The standard InChI is InChI=1S/C19H17NO2/c1-2-22-19(21)11-7-6-8-16-12-14-18(15-13-16)20-17-9-4-3-5-10-17/h3-5,7,9-15,20H,2H2,1H3/b11-7+. The first kappa shape index (κ1) is 15.4. The van der Waals surface area contributed by atoms with Crippen LogP contribution in [-0.4, -0.2) is 12.6 Å². The molecular weight excluding hydrogens is 274 g/mol. The van der Waals surface area contributed by atoms with E-state index in [1.807, 2.05) is 54.6 Å². The van der Waals surface area contributed by atoms with Crippen LogP contribution in [0.1, 0.15) is 12.5 Å². The third-order valence-electron chi connectivity index (χ3n) is 2.75. The van der Waals surface area contributed by atoms with Crippen molar-refractivity contribution >= 4 is 17.3 Å². The molecule has 0 aliphatic carbocycles. The highest BCUT2D eigenvalue weighted by molar-refractivity contribution is 5.82. The van der Waals surface area contributed by atoms with Gasteiger partial charge >= 0.3 is 5.97 Å². The van der Waals surface area contributed by atoms with Crippen molar-refractivity contribution < 1.29 is 9.53 Å². The molecule has 0 unspecified atom stereocenters. The van der Waals surface area contributed by atoms with Crippen LogP contribution in [0, 0.1) is 11.8 Å². The van der Waals surface area contributed by atoms with Gasteiger partial charge in [-0.15, -0.1) is 0 Å². The summed E-state index contributed by atoms with van der Waals surface area (Å²) in [4.78, 5) is 11.1. The molecule has 3 heteroatoms. The molecule has 0 spiro atoms. The summed E-state index contributed by atoms with van der Waals surface area (Å²) in [7, 11) is 0. The summed E-state index contributed by atoms with van der Waals surface area (Å²) in [5.74, 6) is 5.39. The first-order valence-corrected chi connectivity index (χ1v) is 7.05. The zero-order valence-corrected chi connectivity index (χ0v) is 12.4. The molecule has 0 aliphatic rings. The summed E-state index contributed by atoms with van der Waals surface area (Å²) in [6.45, 7) is 2.13. The minimum absolute atomic E-state index is 0.368. The molecule has 2 aromatic rings. The van der Waals surface area contributed by atoms with Crippen LogP contribution in [0.25, 0.3) is 0 Å². The van der Waals surface area contributed by atoms with Crippen molar-refractivity contribution in [3.8, 4) is 11.8 Å². The van der Waals surface area contributed by atoms with Gasteiger partial charge in [0.25, 0.3) is 0 Å². The first-order valence-electron chi connectivity index (χ1n) is 7.05. The number of rotatable bonds is 4. The Kier molecular flexibility index (Phi) is 5.83. The minimum atomic E-state index is -0.376. The Labute approximate surface area is 130 Å². The van der Waals surface area contributed by atoms with Crippen LogP contribution in [0.4, 0.5) is 11.4 Å². The van der Waals surface area contributed by atoms with E-state index >= 15 is 0 Å². The van der Waals surface area contributed by atoms with E-state index in [-0.39, 0.29) is 5.97 Å². The molecule has 110 valence electrons. The van der Waals surface area contributed by atoms with E-state index in [0.717, 1.165) is 16.9 Å². The summed E-state index contributed by atoms with van der Waals surface area (Å²) in [6.07, 6.45) is 2.82. The number of benzene rings is 2. The van der Waals surface area contributed by atoms with Gasteiger partial charge in [0, 0.05) is 23.0 Å². The van der Waals surface area contributed by atoms with Crippen LogP contribution in [0.2, 0.25) is 0 Å². The quantitative estimate of drug-likeness (QED) is 0.527. The third-order valence-corrected chi connectivity index (χ3v) is 2.75. The van der Waals surface area contributed by atoms with Crippen molar-refractivity contribution in [2.75, 3.05) is 11.9 Å². The zero-order chi connectivity index (χ0) is 15.6. The van der Waals surface area contributed by atoms with Crippen molar-refractivity contribution in [3.05, 3.63) is 72.3 Å². The van der Waals surface area contributed by atoms with Gasteiger partial charge in [-0.05, 0) is 49.4 Å². The molecule has 0 saturated carbocycles. The largest absolute Gasteiger partial charge is 0.463 e.